The molecule has 0 aromatic heterocycles. The van der Waals surface area contributed by atoms with E-state index >= 15 is 0 Å². The van der Waals surface area contributed by atoms with Crippen molar-refractivity contribution < 1.29 is 36.6 Å². The lowest BCUT2D eigenvalue weighted by molar-refractivity contribution is -0.140. The van der Waals surface area contributed by atoms with E-state index in [0.717, 1.165) is 74.5 Å². The van der Waals surface area contributed by atoms with Crippen molar-refractivity contribution in [1.82, 2.24) is 10.2 Å². The summed E-state index contributed by atoms with van der Waals surface area (Å²) >= 11 is 0. The third-order valence-electron chi connectivity index (χ3n) is 9.56. The molecule has 0 saturated heterocycles. The number of carbonyl (C=O) groups is 2. The van der Waals surface area contributed by atoms with E-state index in [-0.39, 0.29) is 23.4 Å². The first kappa shape index (κ1) is 30.6. The monoisotopic (exact) mass is 615 g/mol. The SMILES string of the molecule is COCCN1CCc2cc(C(=O)N[C@@H]3C4CCC(/C4=C/C4CC4)[C@@H]3C(=O)Nc3ccc(F)c(C(F)(F)F)c3)c(OC)cc2C1. The van der Waals surface area contributed by atoms with Gasteiger partial charge in [0.05, 0.1) is 30.8 Å². The molecule has 44 heavy (non-hydrogen) atoms. The van der Waals surface area contributed by atoms with E-state index in [1.807, 2.05) is 12.1 Å². The molecule has 7 nitrogen and oxygen atoms in total. The zero-order valence-electron chi connectivity index (χ0n) is 24.8. The molecule has 2 amide bonds. The van der Waals surface area contributed by atoms with Gasteiger partial charge in [0.2, 0.25) is 5.91 Å². The Morgan fingerprint density at radius 2 is 1.82 bits per heavy atom. The minimum atomic E-state index is -4.90. The number of amides is 2. The number of ether oxygens (including phenoxy) is 2. The largest absolute Gasteiger partial charge is 0.496 e. The molecule has 0 radical (unpaired) electrons. The topological polar surface area (TPSA) is 79.9 Å². The van der Waals surface area contributed by atoms with Crippen LogP contribution >= 0.6 is 0 Å². The van der Waals surface area contributed by atoms with E-state index in [1.165, 1.54) is 7.11 Å². The molecule has 2 aromatic rings. The van der Waals surface area contributed by atoms with Crippen LogP contribution in [-0.4, -0.2) is 56.7 Å². The van der Waals surface area contributed by atoms with Crippen molar-refractivity contribution in [3.8, 4) is 5.75 Å². The summed E-state index contributed by atoms with van der Waals surface area (Å²) in [4.78, 5) is 29.9. The van der Waals surface area contributed by atoms with Crippen LogP contribution < -0.4 is 15.4 Å². The Hall–Kier alpha value is -3.44. The molecule has 2 N–H and O–H groups in total. The Labute approximate surface area is 254 Å². The second kappa shape index (κ2) is 12.2. The van der Waals surface area contributed by atoms with Crippen molar-refractivity contribution in [3.63, 3.8) is 0 Å². The number of nitrogens with one attached hydrogen (secondary N) is 2. The third kappa shape index (κ3) is 6.08. The van der Waals surface area contributed by atoms with Crippen LogP contribution in [0.15, 0.2) is 42.0 Å². The molecule has 3 aliphatic carbocycles. The van der Waals surface area contributed by atoms with Crippen molar-refractivity contribution in [2.45, 2.75) is 50.9 Å². The molecule has 4 atom stereocenters. The van der Waals surface area contributed by atoms with Crippen molar-refractivity contribution >= 4 is 17.5 Å². The average molecular weight is 616 g/mol. The van der Waals surface area contributed by atoms with Gasteiger partial charge in [-0.3, -0.25) is 14.5 Å². The summed E-state index contributed by atoms with van der Waals surface area (Å²) in [6.45, 7) is 3.00. The van der Waals surface area contributed by atoms with E-state index < -0.39 is 35.4 Å². The summed E-state index contributed by atoms with van der Waals surface area (Å²) in [5.74, 6) is -2.20. The first-order chi connectivity index (χ1) is 21.1. The average Bonchev–Trinajstić information content (AvgIpc) is 3.67. The van der Waals surface area contributed by atoms with Crippen LogP contribution in [0.25, 0.3) is 0 Å². The van der Waals surface area contributed by atoms with Crippen molar-refractivity contribution in [1.29, 1.82) is 0 Å². The maximum Gasteiger partial charge on any atom is 0.419 e. The van der Waals surface area contributed by atoms with Crippen molar-refractivity contribution in [2.24, 2.45) is 23.7 Å². The van der Waals surface area contributed by atoms with Gasteiger partial charge in [-0.15, -0.1) is 0 Å². The van der Waals surface area contributed by atoms with Crippen LogP contribution in [0.4, 0.5) is 23.2 Å². The van der Waals surface area contributed by atoms with Gasteiger partial charge >= 0.3 is 6.18 Å². The summed E-state index contributed by atoms with van der Waals surface area (Å²) in [5, 5.41) is 5.74. The normalized spacial score (nSPS) is 25.6. The maximum absolute atomic E-state index is 13.9. The minimum Gasteiger partial charge on any atom is -0.496 e. The minimum absolute atomic E-state index is 0.0442. The molecule has 6 rings (SSSR count). The smallest absolute Gasteiger partial charge is 0.419 e. The Bertz CT molecular complexity index is 1470. The summed E-state index contributed by atoms with van der Waals surface area (Å²) in [7, 11) is 3.19. The standard InChI is InChI=1S/C33H37F4N3O4/c1-43-12-11-40-10-9-19-14-25(28(44-2)15-20(19)17-40)31(41)39-30-23-7-6-22(24(23)13-18-3-4-18)29(30)32(42)38-21-5-8-27(34)26(16-21)33(35,36)37/h5,8,13-16,18,22-23,29-30H,3-4,6-7,9-12,17H2,1-2H3,(H,38,42)(H,39,41)/b24-13-/t22?,23?,29-,30+/m0/s1. The zero-order valence-corrected chi connectivity index (χ0v) is 24.8. The summed E-state index contributed by atoms with van der Waals surface area (Å²) in [6.07, 6.45) is 1.85. The van der Waals surface area contributed by atoms with Crippen LogP contribution in [0, 0.1) is 29.5 Å². The molecular formula is C33H37F4N3O4. The van der Waals surface area contributed by atoms with Gasteiger partial charge in [-0.1, -0.05) is 11.6 Å². The fourth-order valence-corrected chi connectivity index (χ4v) is 7.24. The number of anilines is 1. The predicted molar refractivity (Wildman–Crippen MR) is 156 cm³/mol. The Morgan fingerprint density at radius 1 is 1.05 bits per heavy atom. The molecule has 3 fully saturated rings. The second-order valence-electron chi connectivity index (χ2n) is 12.3. The molecule has 236 valence electrons. The number of hydrogen-bond donors (Lipinski definition) is 2. The number of methoxy groups -OCH3 is 2. The van der Waals surface area contributed by atoms with Crippen LogP contribution in [0.2, 0.25) is 0 Å². The van der Waals surface area contributed by atoms with Crippen molar-refractivity contribution in [2.75, 3.05) is 39.2 Å². The number of allylic oxidation sites excluding steroid dienone is 1. The maximum atomic E-state index is 13.9. The lowest BCUT2D eigenvalue weighted by atomic mass is 9.83. The highest BCUT2D eigenvalue weighted by Crippen LogP contribution is 2.54. The molecule has 2 aromatic carbocycles. The van der Waals surface area contributed by atoms with Crippen LogP contribution in [0.1, 0.15) is 52.7 Å². The molecule has 2 unspecified atom stereocenters. The fraction of sp³-hybridized carbons (Fsp3) is 0.515. The zero-order chi connectivity index (χ0) is 31.2. The molecule has 11 heteroatoms. The Balaban J connectivity index is 1.26. The van der Waals surface area contributed by atoms with Crippen molar-refractivity contribution in [3.05, 3.63) is 70.1 Å². The summed E-state index contributed by atoms with van der Waals surface area (Å²) in [5.41, 5.74) is 2.12. The fourth-order valence-electron chi connectivity index (χ4n) is 7.24. The first-order valence-electron chi connectivity index (χ1n) is 15.2. The van der Waals surface area contributed by atoms with E-state index in [0.29, 0.717) is 36.0 Å². The highest BCUT2D eigenvalue weighted by Gasteiger charge is 2.55. The lowest BCUT2D eigenvalue weighted by Gasteiger charge is -2.31. The van der Waals surface area contributed by atoms with Gasteiger partial charge in [-0.2, -0.15) is 13.2 Å². The van der Waals surface area contributed by atoms with E-state index in [4.69, 9.17) is 9.47 Å². The number of fused-ring (bicyclic) bond motifs is 3. The number of alkyl halides is 3. The molecule has 3 saturated carbocycles. The summed E-state index contributed by atoms with van der Waals surface area (Å²) < 4.78 is 64.8. The van der Waals surface area contributed by atoms with Crippen LogP contribution in [-0.2, 0) is 28.7 Å². The summed E-state index contributed by atoms with van der Waals surface area (Å²) in [6, 6.07) is 5.67. The van der Waals surface area contributed by atoms with Gasteiger partial charge in [0, 0.05) is 44.4 Å². The quantitative estimate of drug-likeness (QED) is 0.284. The predicted octanol–water partition coefficient (Wildman–Crippen LogP) is 5.59. The molecule has 1 heterocycles. The van der Waals surface area contributed by atoms with Gasteiger partial charge in [0.25, 0.3) is 5.91 Å². The lowest BCUT2D eigenvalue weighted by Crippen LogP contribution is -2.48. The first-order valence-corrected chi connectivity index (χ1v) is 15.2. The van der Waals surface area contributed by atoms with Gasteiger partial charge in [-0.25, -0.2) is 4.39 Å². The van der Waals surface area contributed by atoms with E-state index in [2.05, 4.69) is 21.6 Å². The number of rotatable bonds is 9. The molecular weight excluding hydrogens is 578 g/mol. The molecule has 4 aliphatic rings. The second-order valence-corrected chi connectivity index (χ2v) is 12.3. The Kier molecular flexibility index (Phi) is 8.45. The van der Waals surface area contributed by atoms with Crippen LogP contribution in [0.5, 0.6) is 5.75 Å². The highest BCUT2D eigenvalue weighted by atomic mass is 19.4. The van der Waals surface area contributed by atoms with E-state index in [9.17, 15) is 27.2 Å². The van der Waals surface area contributed by atoms with Crippen LogP contribution in [0.3, 0.4) is 0 Å². The van der Waals surface area contributed by atoms with Gasteiger partial charge in [0.15, 0.2) is 0 Å². The van der Waals surface area contributed by atoms with E-state index in [1.54, 1.807) is 7.11 Å². The van der Waals surface area contributed by atoms with Gasteiger partial charge in [-0.05, 0) is 85.4 Å². The number of carbonyl (C=O) groups excluding carboxylic acids is 2. The highest BCUT2D eigenvalue weighted by molar-refractivity contribution is 5.99. The number of halogens is 4. The number of hydrogen-bond acceptors (Lipinski definition) is 5. The van der Waals surface area contributed by atoms with Gasteiger partial charge < -0.3 is 20.1 Å². The number of nitrogens with zero attached hydrogens (tertiary/aromatic N) is 1. The molecule has 1 aliphatic heterocycles. The Morgan fingerprint density at radius 3 is 2.52 bits per heavy atom. The van der Waals surface area contributed by atoms with Gasteiger partial charge in [0.1, 0.15) is 11.6 Å². The molecule has 2 bridgehead atoms. The number of benzene rings is 2. The third-order valence-corrected chi connectivity index (χ3v) is 9.56. The molecule has 0 spiro atoms.